The molecule has 2 amide bonds. The number of fused-ring (bicyclic) bond motifs is 1. The van der Waals surface area contributed by atoms with Gasteiger partial charge in [-0.25, -0.2) is 4.79 Å². The van der Waals surface area contributed by atoms with Gasteiger partial charge in [-0.2, -0.15) is 11.8 Å². The third-order valence-electron chi connectivity index (χ3n) is 1.90. The number of hydrogen-bond donors (Lipinski definition) is 3. The minimum absolute atomic E-state index is 0.130. The van der Waals surface area contributed by atoms with Crippen molar-refractivity contribution < 1.29 is 4.79 Å². The molecule has 4 nitrogen and oxygen atoms in total. The molecule has 10 heavy (non-hydrogen) atoms. The Morgan fingerprint density at radius 3 is 3.30 bits per heavy atom. The molecule has 2 saturated heterocycles. The van der Waals surface area contributed by atoms with E-state index in [1.54, 1.807) is 11.8 Å². The number of urea groups is 1. The lowest BCUT2D eigenvalue weighted by Gasteiger charge is -2.20. The Kier molecular flexibility index (Phi) is 1.13. The van der Waals surface area contributed by atoms with Crippen molar-refractivity contribution in [1.82, 2.24) is 10.6 Å². The number of hydrogen-bond acceptors (Lipinski definition) is 3. The van der Waals surface area contributed by atoms with Crippen molar-refractivity contribution in [2.24, 2.45) is 5.73 Å². The fourth-order valence-electron chi connectivity index (χ4n) is 1.29. The van der Waals surface area contributed by atoms with Crippen LogP contribution in [0.4, 0.5) is 4.79 Å². The van der Waals surface area contributed by atoms with Crippen molar-refractivity contribution in [3.63, 3.8) is 0 Å². The third-order valence-corrected chi connectivity index (χ3v) is 3.15. The van der Waals surface area contributed by atoms with Gasteiger partial charge < -0.3 is 16.4 Å². The summed E-state index contributed by atoms with van der Waals surface area (Å²) in [6, 6.07) is -0.00204. The zero-order valence-corrected chi connectivity index (χ0v) is 6.20. The predicted molar refractivity (Wildman–Crippen MR) is 39.7 cm³/mol. The monoisotopic (exact) mass is 159 g/mol. The summed E-state index contributed by atoms with van der Waals surface area (Å²) in [6.45, 7) is 0. The van der Waals surface area contributed by atoms with Gasteiger partial charge in [0.05, 0.1) is 6.04 Å². The SMILES string of the molecule is N[C@]12CSC[C@H]1NC(=O)N2. The first-order valence-electron chi connectivity index (χ1n) is 3.16. The van der Waals surface area contributed by atoms with Crippen LogP contribution in [0.15, 0.2) is 0 Å². The molecule has 0 spiro atoms. The molecule has 2 aliphatic heterocycles. The Labute approximate surface area is 62.9 Å². The predicted octanol–water partition coefficient (Wildman–Crippen LogP) is -0.930. The van der Waals surface area contributed by atoms with Gasteiger partial charge in [0.25, 0.3) is 0 Å². The smallest absolute Gasteiger partial charge is 0.316 e. The van der Waals surface area contributed by atoms with Gasteiger partial charge in [0.1, 0.15) is 5.66 Å². The van der Waals surface area contributed by atoms with Crippen LogP contribution >= 0.6 is 11.8 Å². The summed E-state index contributed by atoms with van der Waals surface area (Å²) in [5.74, 6) is 1.74. The highest BCUT2D eigenvalue weighted by atomic mass is 32.2. The standard InChI is InChI=1S/C5H9N3OS/c6-5-2-10-1-3(5)7-4(9)8-5/h3H,1-2,6H2,(H2,7,8,9)/t3-,5+/m1/s1. The van der Waals surface area contributed by atoms with Gasteiger partial charge in [-0.1, -0.05) is 0 Å². The van der Waals surface area contributed by atoms with Gasteiger partial charge in [0, 0.05) is 11.5 Å². The van der Waals surface area contributed by atoms with E-state index in [9.17, 15) is 4.79 Å². The fraction of sp³-hybridized carbons (Fsp3) is 0.800. The van der Waals surface area contributed by atoms with E-state index in [4.69, 9.17) is 5.73 Å². The molecule has 2 atom stereocenters. The van der Waals surface area contributed by atoms with Crippen molar-refractivity contribution in [3.8, 4) is 0 Å². The van der Waals surface area contributed by atoms with Crippen LogP contribution in [-0.4, -0.2) is 29.2 Å². The quantitative estimate of drug-likeness (QED) is 0.400. The lowest BCUT2D eigenvalue weighted by atomic mass is 10.1. The second-order valence-electron chi connectivity index (χ2n) is 2.71. The zero-order chi connectivity index (χ0) is 7.19. The van der Waals surface area contributed by atoms with Crippen molar-refractivity contribution in [1.29, 1.82) is 0 Å². The minimum atomic E-state index is -0.470. The molecule has 5 heteroatoms. The number of rotatable bonds is 0. The Morgan fingerprint density at radius 1 is 1.80 bits per heavy atom. The highest BCUT2D eigenvalue weighted by Gasteiger charge is 2.47. The van der Waals surface area contributed by atoms with Crippen LogP contribution in [0.3, 0.4) is 0 Å². The van der Waals surface area contributed by atoms with Crippen LogP contribution in [0, 0.1) is 0 Å². The van der Waals surface area contributed by atoms with Crippen molar-refractivity contribution in [3.05, 3.63) is 0 Å². The van der Waals surface area contributed by atoms with Crippen molar-refractivity contribution in [2.45, 2.75) is 11.7 Å². The van der Waals surface area contributed by atoms with Gasteiger partial charge in [-0.15, -0.1) is 0 Å². The van der Waals surface area contributed by atoms with E-state index in [0.29, 0.717) is 0 Å². The normalized spacial score (nSPS) is 44.5. The molecule has 0 aromatic heterocycles. The first kappa shape index (κ1) is 6.30. The first-order valence-corrected chi connectivity index (χ1v) is 4.31. The lowest BCUT2D eigenvalue weighted by molar-refractivity contribution is 0.245. The molecule has 0 unspecified atom stereocenters. The topological polar surface area (TPSA) is 67.1 Å². The number of carbonyl (C=O) groups excluding carboxylic acids is 1. The maximum atomic E-state index is 10.8. The molecule has 0 aromatic rings. The van der Waals surface area contributed by atoms with E-state index in [2.05, 4.69) is 10.6 Å². The van der Waals surface area contributed by atoms with Crippen molar-refractivity contribution >= 4 is 17.8 Å². The summed E-state index contributed by atoms with van der Waals surface area (Å²) in [7, 11) is 0. The zero-order valence-electron chi connectivity index (χ0n) is 5.39. The molecule has 2 rings (SSSR count). The average Bonchev–Trinajstić information content (AvgIpc) is 2.20. The van der Waals surface area contributed by atoms with Gasteiger partial charge in [0.15, 0.2) is 0 Å². The Hall–Kier alpha value is -0.420. The summed E-state index contributed by atoms with van der Waals surface area (Å²) in [5, 5.41) is 5.46. The van der Waals surface area contributed by atoms with E-state index in [1.807, 2.05) is 0 Å². The largest absolute Gasteiger partial charge is 0.331 e. The van der Waals surface area contributed by atoms with Crippen LogP contribution in [0.1, 0.15) is 0 Å². The molecular formula is C5H9N3OS. The van der Waals surface area contributed by atoms with Gasteiger partial charge >= 0.3 is 6.03 Å². The summed E-state index contributed by atoms with van der Waals surface area (Å²) < 4.78 is 0. The van der Waals surface area contributed by atoms with Crippen LogP contribution in [0.5, 0.6) is 0 Å². The molecule has 0 bridgehead atoms. The summed E-state index contributed by atoms with van der Waals surface area (Å²) in [6.07, 6.45) is 0. The average molecular weight is 159 g/mol. The number of carbonyl (C=O) groups is 1. The Balaban J connectivity index is 2.22. The van der Waals surface area contributed by atoms with E-state index < -0.39 is 5.66 Å². The molecule has 2 heterocycles. The molecule has 2 aliphatic rings. The number of nitrogens with one attached hydrogen (secondary N) is 2. The molecule has 0 aliphatic carbocycles. The Morgan fingerprint density at radius 2 is 2.60 bits per heavy atom. The second-order valence-corrected chi connectivity index (χ2v) is 3.74. The molecule has 0 radical (unpaired) electrons. The molecule has 4 N–H and O–H groups in total. The van der Waals surface area contributed by atoms with E-state index in [1.165, 1.54) is 0 Å². The summed E-state index contributed by atoms with van der Waals surface area (Å²) in [5.41, 5.74) is 5.37. The van der Waals surface area contributed by atoms with E-state index in [0.717, 1.165) is 11.5 Å². The maximum absolute atomic E-state index is 10.8. The van der Waals surface area contributed by atoms with Gasteiger partial charge in [-0.05, 0) is 0 Å². The minimum Gasteiger partial charge on any atom is -0.331 e. The first-order chi connectivity index (χ1) is 4.71. The number of amides is 2. The lowest BCUT2D eigenvalue weighted by Crippen LogP contribution is -2.56. The highest BCUT2D eigenvalue weighted by molar-refractivity contribution is 7.99. The molecule has 56 valence electrons. The van der Waals surface area contributed by atoms with Crippen LogP contribution < -0.4 is 16.4 Å². The van der Waals surface area contributed by atoms with Gasteiger partial charge in [0.2, 0.25) is 0 Å². The number of nitrogens with two attached hydrogens (primary N) is 1. The fourth-order valence-corrected chi connectivity index (χ4v) is 2.64. The van der Waals surface area contributed by atoms with Gasteiger partial charge in [-0.3, -0.25) is 0 Å². The molecule has 0 saturated carbocycles. The summed E-state index contributed by atoms with van der Waals surface area (Å²) >= 11 is 1.76. The molecular weight excluding hydrogens is 150 g/mol. The third kappa shape index (κ3) is 0.705. The van der Waals surface area contributed by atoms with Crippen LogP contribution in [0.25, 0.3) is 0 Å². The van der Waals surface area contributed by atoms with E-state index in [-0.39, 0.29) is 12.1 Å². The number of thioether (sulfide) groups is 1. The Bertz CT molecular complexity index is 186. The molecule has 0 aromatic carbocycles. The second kappa shape index (κ2) is 1.79. The highest BCUT2D eigenvalue weighted by Crippen LogP contribution is 2.26. The van der Waals surface area contributed by atoms with Crippen LogP contribution in [-0.2, 0) is 0 Å². The van der Waals surface area contributed by atoms with Crippen LogP contribution in [0.2, 0.25) is 0 Å². The van der Waals surface area contributed by atoms with E-state index >= 15 is 0 Å². The van der Waals surface area contributed by atoms with Crippen molar-refractivity contribution in [2.75, 3.05) is 11.5 Å². The molecule has 2 fully saturated rings. The maximum Gasteiger partial charge on any atom is 0.316 e. The summed E-state index contributed by atoms with van der Waals surface area (Å²) in [4.78, 5) is 10.8.